The van der Waals surface area contributed by atoms with Gasteiger partial charge < -0.3 is 15.2 Å². The van der Waals surface area contributed by atoms with Crippen molar-refractivity contribution in [3.8, 4) is 11.5 Å². The van der Waals surface area contributed by atoms with E-state index in [0.717, 1.165) is 34.6 Å². The van der Waals surface area contributed by atoms with Gasteiger partial charge in [-0.15, -0.1) is 0 Å². The lowest BCUT2D eigenvalue weighted by molar-refractivity contribution is 0.294. The van der Waals surface area contributed by atoms with Crippen LogP contribution in [0.5, 0.6) is 11.5 Å². The minimum Gasteiger partial charge on any atom is -0.489 e. The van der Waals surface area contributed by atoms with Gasteiger partial charge in [-0.1, -0.05) is 60.7 Å². The molecule has 3 heteroatoms. The first-order chi connectivity index (χ1) is 12.7. The molecule has 0 saturated carbocycles. The minimum absolute atomic E-state index is 0.0541. The summed E-state index contributed by atoms with van der Waals surface area (Å²) >= 11 is 0. The van der Waals surface area contributed by atoms with Crippen molar-refractivity contribution in [2.45, 2.75) is 32.6 Å². The van der Waals surface area contributed by atoms with Crippen molar-refractivity contribution in [2.75, 3.05) is 0 Å². The molecule has 0 amide bonds. The lowest BCUT2D eigenvalue weighted by Gasteiger charge is -2.15. The summed E-state index contributed by atoms with van der Waals surface area (Å²) in [4.78, 5) is 0. The van der Waals surface area contributed by atoms with Crippen molar-refractivity contribution in [1.82, 2.24) is 0 Å². The molecule has 26 heavy (non-hydrogen) atoms. The van der Waals surface area contributed by atoms with Gasteiger partial charge in [-0.2, -0.15) is 0 Å². The fourth-order valence-electron chi connectivity index (χ4n) is 2.77. The largest absolute Gasteiger partial charge is 0.489 e. The summed E-state index contributed by atoms with van der Waals surface area (Å²) < 4.78 is 12.0. The Morgan fingerprint density at radius 1 is 0.769 bits per heavy atom. The van der Waals surface area contributed by atoms with Gasteiger partial charge in [0.2, 0.25) is 0 Å². The molecule has 0 aliphatic heterocycles. The summed E-state index contributed by atoms with van der Waals surface area (Å²) in [7, 11) is 0. The molecule has 3 aromatic carbocycles. The average Bonchev–Trinajstić information content (AvgIpc) is 2.67. The molecular formula is C23H25NO2. The number of ether oxygens (including phenoxy) is 2. The molecule has 134 valence electrons. The first-order valence-corrected chi connectivity index (χ1v) is 8.92. The lowest BCUT2D eigenvalue weighted by Crippen LogP contribution is -2.18. The Kier molecular flexibility index (Phi) is 6.29. The molecule has 0 aliphatic carbocycles. The van der Waals surface area contributed by atoms with Gasteiger partial charge in [-0.25, -0.2) is 0 Å². The van der Waals surface area contributed by atoms with Crippen LogP contribution in [0.1, 0.15) is 23.6 Å². The summed E-state index contributed by atoms with van der Waals surface area (Å²) in [6.45, 7) is 3.08. The van der Waals surface area contributed by atoms with Gasteiger partial charge >= 0.3 is 0 Å². The second-order valence-corrected chi connectivity index (χ2v) is 6.50. The van der Waals surface area contributed by atoms with Gasteiger partial charge in [-0.05, 0) is 48.2 Å². The Hall–Kier alpha value is -2.78. The van der Waals surface area contributed by atoms with E-state index >= 15 is 0 Å². The smallest absolute Gasteiger partial charge is 0.123 e. The molecule has 3 rings (SSSR count). The third-order valence-corrected chi connectivity index (χ3v) is 4.06. The Balaban J connectivity index is 1.70. The zero-order chi connectivity index (χ0) is 18.2. The number of nitrogens with two attached hydrogens (primary N) is 1. The van der Waals surface area contributed by atoms with E-state index in [1.165, 1.54) is 0 Å². The summed E-state index contributed by atoms with van der Waals surface area (Å²) in [6.07, 6.45) is 0.743. The summed E-state index contributed by atoms with van der Waals surface area (Å²) in [5, 5.41) is 0. The Labute approximate surface area is 155 Å². The molecule has 0 aliphatic rings. The molecular weight excluding hydrogens is 322 g/mol. The van der Waals surface area contributed by atoms with E-state index in [2.05, 4.69) is 24.3 Å². The predicted molar refractivity (Wildman–Crippen MR) is 105 cm³/mol. The highest BCUT2D eigenvalue weighted by Gasteiger charge is 2.09. The number of hydrogen-bond acceptors (Lipinski definition) is 3. The molecule has 0 aromatic heterocycles. The molecule has 0 saturated heterocycles. The van der Waals surface area contributed by atoms with Crippen LogP contribution in [-0.2, 0) is 19.6 Å². The molecule has 0 spiro atoms. The highest BCUT2D eigenvalue weighted by atomic mass is 16.5. The fourth-order valence-corrected chi connectivity index (χ4v) is 2.77. The lowest BCUT2D eigenvalue weighted by atomic mass is 10.1. The molecule has 1 unspecified atom stereocenters. The van der Waals surface area contributed by atoms with Crippen molar-refractivity contribution in [1.29, 1.82) is 0 Å². The van der Waals surface area contributed by atoms with Crippen LogP contribution in [0.2, 0.25) is 0 Å². The maximum absolute atomic E-state index is 6.03. The van der Waals surface area contributed by atoms with Gasteiger partial charge in [0.15, 0.2) is 0 Å². The molecule has 3 nitrogen and oxygen atoms in total. The van der Waals surface area contributed by atoms with E-state index in [0.29, 0.717) is 13.2 Å². The van der Waals surface area contributed by atoms with Gasteiger partial charge in [0, 0.05) is 6.04 Å². The van der Waals surface area contributed by atoms with Crippen molar-refractivity contribution in [2.24, 2.45) is 5.73 Å². The maximum atomic E-state index is 6.03. The van der Waals surface area contributed by atoms with E-state index in [9.17, 15) is 0 Å². The molecule has 0 radical (unpaired) electrons. The monoisotopic (exact) mass is 347 g/mol. The zero-order valence-corrected chi connectivity index (χ0v) is 15.1. The first kappa shape index (κ1) is 18.0. The fraction of sp³-hybridized carbons (Fsp3) is 0.217. The van der Waals surface area contributed by atoms with Crippen LogP contribution in [0.15, 0.2) is 78.9 Å². The van der Waals surface area contributed by atoms with Crippen LogP contribution in [0.4, 0.5) is 0 Å². The Morgan fingerprint density at radius 2 is 1.35 bits per heavy atom. The second kappa shape index (κ2) is 9.07. The first-order valence-electron chi connectivity index (χ1n) is 8.92. The van der Waals surface area contributed by atoms with Gasteiger partial charge in [0.05, 0.1) is 0 Å². The minimum atomic E-state index is 0.0541. The quantitative estimate of drug-likeness (QED) is 0.640. The molecule has 1 atom stereocenters. The molecule has 2 N–H and O–H groups in total. The normalized spacial score (nSPS) is 11.8. The van der Waals surface area contributed by atoms with Gasteiger partial charge in [0.1, 0.15) is 24.7 Å². The van der Waals surface area contributed by atoms with Crippen LogP contribution in [-0.4, -0.2) is 6.04 Å². The maximum Gasteiger partial charge on any atom is 0.123 e. The standard InChI is InChI=1S/C23H25NO2/c1-18(24)14-21-15-22(25-16-19-8-4-2-5-9-19)12-13-23(21)26-17-20-10-6-3-7-11-20/h2-13,15,18H,14,16-17,24H2,1H3. The zero-order valence-electron chi connectivity index (χ0n) is 15.1. The van der Waals surface area contributed by atoms with Crippen LogP contribution < -0.4 is 15.2 Å². The average molecular weight is 347 g/mol. The second-order valence-electron chi connectivity index (χ2n) is 6.50. The van der Waals surface area contributed by atoms with Crippen molar-refractivity contribution in [3.63, 3.8) is 0 Å². The van der Waals surface area contributed by atoms with Crippen LogP contribution in [0.3, 0.4) is 0 Å². The topological polar surface area (TPSA) is 44.5 Å². The molecule has 0 bridgehead atoms. The molecule has 3 aromatic rings. The molecule has 0 heterocycles. The van der Waals surface area contributed by atoms with Gasteiger partial charge in [-0.3, -0.25) is 0 Å². The van der Waals surface area contributed by atoms with Crippen LogP contribution in [0.25, 0.3) is 0 Å². The van der Waals surface area contributed by atoms with E-state index in [1.807, 2.05) is 61.5 Å². The van der Waals surface area contributed by atoms with E-state index < -0.39 is 0 Å². The van der Waals surface area contributed by atoms with E-state index in [-0.39, 0.29) is 6.04 Å². The highest BCUT2D eigenvalue weighted by molar-refractivity contribution is 5.41. The van der Waals surface area contributed by atoms with E-state index in [1.54, 1.807) is 0 Å². The number of benzene rings is 3. The summed E-state index contributed by atoms with van der Waals surface area (Å²) in [5.74, 6) is 1.69. The van der Waals surface area contributed by atoms with Gasteiger partial charge in [0.25, 0.3) is 0 Å². The SMILES string of the molecule is CC(N)Cc1cc(OCc2ccccc2)ccc1OCc1ccccc1. The van der Waals surface area contributed by atoms with Crippen LogP contribution in [0, 0.1) is 0 Å². The number of hydrogen-bond donors (Lipinski definition) is 1. The highest BCUT2D eigenvalue weighted by Crippen LogP contribution is 2.27. The molecule has 0 fully saturated rings. The van der Waals surface area contributed by atoms with Crippen molar-refractivity contribution >= 4 is 0 Å². The van der Waals surface area contributed by atoms with Crippen LogP contribution >= 0.6 is 0 Å². The summed E-state index contributed by atoms with van der Waals surface area (Å²) in [6, 6.07) is 26.3. The number of rotatable bonds is 8. The Morgan fingerprint density at radius 3 is 1.92 bits per heavy atom. The summed E-state index contributed by atoms with van der Waals surface area (Å²) in [5.41, 5.74) is 9.38. The third kappa shape index (κ3) is 5.36. The van der Waals surface area contributed by atoms with Crippen molar-refractivity contribution in [3.05, 3.63) is 95.6 Å². The Bertz CT molecular complexity index is 801. The van der Waals surface area contributed by atoms with E-state index in [4.69, 9.17) is 15.2 Å². The predicted octanol–water partition coefficient (Wildman–Crippen LogP) is 4.73. The van der Waals surface area contributed by atoms with Crippen molar-refractivity contribution < 1.29 is 9.47 Å². The third-order valence-electron chi connectivity index (χ3n) is 4.06.